The van der Waals surface area contributed by atoms with Crippen molar-refractivity contribution in [3.63, 3.8) is 0 Å². The van der Waals surface area contributed by atoms with Crippen LogP contribution in [-0.2, 0) is 11.2 Å². The number of amides is 1. The lowest BCUT2D eigenvalue weighted by molar-refractivity contribution is -0.132. The van der Waals surface area contributed by atoms with Gasteiger partial charge in [0.1, 0.15) is 11.6 Å². The Labute approximate surface area is 185 Å². The summed E-state index contributed by atoms with van der Waals surface area (Å²) in [6, 6.07) is 14.1. The molecule has 1 heterocycles. The number of rotatable bonds is 9. The molecule has 1 amide bonds. The van der Waals surface area contributed by atoms with E-state index in [1.54, 1.807) is 54.5 Å². The Morgan fingerprint density at radius 3 is 2.44 bits per heavy atom. The second kappa shape index (κ2) is 10.8. The van der Waals surface area contributed by atoms with Gasteiger partial charge in [-0.2, -0.15) is 8.78 Å². The standard InChI is InChI=1S/C25H25F3N2O2/c1-3-13-30(23(31)15-18-6-9-21(10-7-18)32-25(27)28)24(20-5-4-12-29-16-20)19-8-11-22(26)17(2)14-19/h4-12,14,16,24-25H,3,13,15H2,1-2H3/t24-/m1/s1. The summed E-state index contributed by atoms with van der Waals surface area (Å²) in [4.78, 5) is 19.3. The van der Waals surface area contributed by atoms with Crippen LogP contribution in [0.15, 0.2) is 67.0 Å². The molecule has 0 aliphatic rings. The third-order valence-corrected chi connectivity index (χ3v) is 5.10. The number of carbonyl (C=O) groups excluding carboxylic acids is 1. The van der Waals surface area contributed by atoms with Gasteiger partial charge in [0, 0.05) is 18.9 Å². The van der Waals surface area contributed by atoms with Gasteiger partial charge in [0.05, 0.1) is 12.5 Å². The molecule has 3 aromatic rings. The molecule has 0 saturated heterocycles. The number of nitrogens with zero attached hydrogens (tertiary/aromatic N) is 2. The molecule has 4 nitrogen and oxygen atoms in total. The molecule has 0 aliphatic heterocycles. The number of hydrogen-bond donors (Lipinski definition) is 0. The van der Waals surface area contributed by atoms with Crippen molar-refractivity contribution in [1.29, 1.82) is 0 Å². The van der Waals surface area contributed by atoms with Crippen molar-refractivity contribution in [1.82, 2.24) is 9.88 Å². The van der Waals surface area contributed by atoms with Crippen LogP contribution in [0.5, 0.6) is 5.75 Å². The zero-order valence-corrected chi connectivity index (χ0v) is 18.0. The third-order valence-electron chi connectivity index (χ3n) is 5.10. The molecule has 0 fully saturated rings. The molecule has 168 valence electrons. The first-order chi connectivity index (χ1) is 15.4. The van der Waals surface area contributed by atoms with Crippen molar-refractivity contribution in [2.24, 2.45) is 0 Å². The van der Waals surface area contributed by atoms with Gasteiger partial charge in [-0.3, -0.25) is 9.78 Å². The fraction of sp³-hybridized carbons (Fsp3) is 0.280. The molecular weight excluding hydrogens is 417 g/mol. The van der Waals surface area contributed by atoms with Crippen LogP contribution in [0.4, 0.5) is 13.2 Å². The number of aromatic nitrogens is 1. The first-order valence-electron chi connectivity index (χ1n) is 10.4. The number of halogens is 3. The van der Waals surface area contributed by atoms with Gasteiger partial charge >= 0.3 is 6.61 Å². The van der Waals surface area contributed by atoms with E-state index >= 15 is 0 Å². The number of carbonyl (C=O) groups is 1. The average Bonchev–Trinajstić information content (AvgIpc) is 2.77. The predicted octanol–water partition coefficient (Wildman–Crippen LogP) is 5.70. The maximum atomic E-state index is 13.9. The second-order valence-corrected chi connectivity index (χ2v) is 7.48. The maximum absolute atomic E-state index is 13.9. The summed E-state index contributed by atoms with van der Waals surface area (Å²) in [6.45, 7) is 1.25. The number of aryl methyl sites for hydroxylation is 1. The monoisotopic (exact) mass is 442 g/mol. The normalized spacial score (nSPS) is 11.9. The van der Waals surface area contributed by atoms with Gasteiger partial charge in [-0.1, -0.05) is 37.3 Å². The van der Waals surface area contributed by atoms with E-state index in [0.29, 0.717) is 17.7 Å². The summed E-state index contributed by atoms with van der Waals surface area (Å²) >= 11 is 0. The molecule has 0 radical (unpaired) electrons. The minimum absolute atomic E-state index is 0.0386. The van der Waals surface area contributed by atoms with E-state index in [4.69, 9.17) is 0 Å². The Morgan fingerprint density at radius 2 is 1.84 bits per heavy atom. The van der Waals surface area contributed by atoms with E-state index in [9.17, 15) is 18.0 Å². The van der Waals surface area contributed by atoms with Crippen LogP contribution in [0.3, 0.4) is 0 Å². The molecule has 0 spiro atoms. The van der Waals surface area contributed by atoms with Gasteiger partial charge in [0.2, 0.25) is 5.91 Å². The van der Waals surface area contributed by atoms with Crippen molar-refractivity contribution < 1.29 is 22.7 Å². The molecule has 2 aromatic carbocycles. The summed E-state index contributed by atoms with van der Waals surface area (Å²) in [5.74, 6) is -0.403. The molecule has 0 unspecified atom stereocenters. The molecule has 0 aliphatic carbocycles. The molecule has 0 N–H and O–H groups in total. The van der Waals surface area contributed by atoms with Gasteiger partial charge in [0.25, 0.3) is 0 Å². The van der Waals surface area contributed by atoms with E-state index < -0.39 is 12.7 Å². The number of pyridine rings is 1. The topological polar surface area (TPSA) is 42.4 Å². The Bertz CT molecular complexity index is 1030. The molecule has 32 heavy (non-hydrogen) atoms. The Balaban J connectivity index is 1.92. The van der Waals surface area contributed by atoms with Gasteiger partial charge in [-0.05, 0) is 59.9 Å². The van der Waals surface area contributed by atoms with Crippen molar-refractivity contribution in [2.75, 3.05) is 6.54 Å². The molecule has 3 rings (SSSR count). The van der Waals surface area contributed by atoms with E-state index in [1.807, 2.05) is 13.0 Å². The second-order valence-electron chi connectivity index (χ2n) is 7.48. The summed E-state index contributed by atoms with van der Waals surface area (Å²) in [5, 5.41) is 0. The van der Waals surface area contributed by atoms with E-state index in [2.05, 4.69) is 9.72 Å². The lowest BCUT2D eigenvalue weighted by atomic mass is 9.95. The van der Waals surface area contributed by atoms with Crippen LogP contribution in [0.2, 0.25) is 0 Å². The van der Waals surface area contributed by atoms with Crippen molar-refractivity contribution in [3.8, 4) is 5.75 Å². The summed E-state index contributed by atoms with van der Waals surface area (Å²) in [5.41, 5.74) is 2.79. The Kier molecular flexibility index (Phi) is 7.87. The van der Waals surface area contributed by atoms with Crippen LogP contribution in [0, 0.1) is 12.7 Å². The van der Waals surface area contributed by atoms with Crippen LogP contribution in [0.1, 0.15) is 41.6 Å². The summed E-state index contributed by atoms with van der Waals surface area (Å²) in [7, 11) is 0. The Morgan fingerprint density at radius 1 is 1.09 bits per heavy atom. The van der Waals surface area contributed by atoms with Crippen LogP contribution in [0.25, 0.3) is 0 Å². The first kappa shape index (κ1) is 23.3. The average molecular weight is 442 g/mol. The molecule has 1 atom stereocenters. The SMILES string of the molecule is CCCN(C(=O)Cc1ccc(OC(F)F)cc1)[C@@H](c1cccnc1)c1ccc(F)c(C)c1. The van der Waals surface area contributed by atoms with Crippen molar-refractivity contribution >= 4 is 5.91 Å². The Hall–Kier alpha value is -3.35. The lowest BCUT2D eigenvalue weighted by Crippen LogP contribution is -2.37. The highest BCUT2D eigenvalue weighted by Crippen LogP contribution is 2.30. The van der Waals surface area contributed by atoms with Crippen LogP contribution in [-0.4, -0.2) is 28.9 Å². The van der Waals surface area contributed by atoms with E-state index in [0.717, 1.165) is 17.5 Å². The highest BCUT2D eigenvalue weighted by atomic mass is 19.3. The van der Waals surface area contributed by atoms with Crippen molar-refractivity contribution in [3.05, 3.63) is 95.1 Å². The van der Waals surface area contributed by atoms with Crippen molar-refractivity contribution in [2.45, 2.75) is 39.3 Å². The smallest absolute Gasteiger partial charge is 0.387 e. The highest BCUT2D eigenvalue weighted by Gasteiger charge is 2.27. The van der Waals surface area contributed by atoms with E-state index in [-0.39, 0.29) is 23.9 Å². The highest BCUT2D eigenvalue weighted by molar-refractivity contribution is 5.80. The summed E-state index contributed by atoms with van der Waals surface area (Å²) < 4.78 is 43.0. The van der Waals surface area contributed by atoms with Crippen LogP contribution >= 0.6 is 0 Å². The zero-order chi connectivity index (χ0) is 23.1. The molecule has 1 aromatic heterocycles. The number of hydrogen-bond acceptors (Lipinski definition) is 3. The third kappa shape index (κ3) is 5.87. The minimum Gasteiger partial charge on any atom is -0.435 e. The fourth-order valence-corrected chi connectivity index (χ4v) is 3.63. The quantitative estimate of drug-likeness (QED) is 0.427. The zero-order valence-electron chi connectivity index (χ0n) is 18.0. The maximum Gasteiger partial charge on any atom is 0.387 e. The van der Waals surface area contributed by atoms with Gasteiger partial charge in [-0.25, -0.2) is 4.39 Å². The molecule has 7 heteroatoms. The van der Waals surface area contributed by atoms with Gasteiger partial charge in [0.15, 0.2) is 0 Å². The first-order valence-corrected chi connectivity index (χ1v) is 10.4. The lowest BCUT2D eigenvalue weighted by Gasteiger charge is -2.33. The fourth-order valence-electron chi connectivity index (χ4n) is 3.63. The predicted molar refractivity (Wildman–Crippen MR) is 116 cm³/mol. The largest absolute Gasteiger partial charge is 0.435 e. The van der Waals surface area contributed by atoms with Gasteiger partial charge < -0.3 is 9.64 Å². The molecule has 0 bridgehead atoms. The van der Waals surface area contributed by atoms with Gasteiger partial charge in [-0.15, -0.1) is 0 Å². The summed E-state index contributed by atoms with van der Waals surface area (Å²) in [6.07, 6.45) is 4.18. The minimum atomic E-state index is -2.90. The van der Waals surface area contributed by atoms with E-state index in [1.165, 1.54) is 18.2 Å². The van der Waals surface area contributed by atoms with Crippen LogP contribution < -0.4 is 4.74 Å². The number of alkyl halides is 2. The number of ether oxygens (including phenoxy) is 1. The molecular formula is C25H25F3N2O2. The molecule has 0 saturated carbocycles. The number of benzene rings is 2.